The molecule has 0 unspecified atom stereocenters. The van der Waals surface area contributed by atoms with Crippen molar-refractivity contribution in [1.82, 2.24) is 0 Å². The first-order chi connectivity index (χ1) is 9.49. The number of hydrogen-bond donors (Lipinski definition) is 1. The summed E-state index contributed by atoms with van der Waals surface area (Å²) in [7, 11) is 0. The number of hydrogen-bond acceptors (Lipinski definition) is 2. The SMILES string of the molecule is CC(C)CCc1occ(-c2cccc(F)c2)c1C(=O)O. The zero-order valence-electron chi connectivity index (χ0n) is 11.5. The molecule has 0 aliphatic rings. The van der Waals surface area contributed by atoms with Crippen LogP contribution in [0.3, 0.4) is 0 Å². The van der Waals surface area contributed by atoms with E-state index in [2.05, 4.69) is 13.8 Å². The maximum absolute atomic E-state index is 13.3. The normalized spacial score (nSPS) is 11.0. The summed E-state index contributed by atoms with van der Waals surface area (Å²) in [5.74, 6) is -0.537. The number of furan rings is 1. The number of aryl methyl sites for hydroxylation is 1. The van der Waals surface area contributed by atoms with Gasteiger partial charge in [-0.25, -0.2) is 9.18 Å². The Hall–Kier alpha value is -2.10. The average molecular weight is 276 g/mol. The lowest BCUT2D eigenvalue weighted by Crippen LogP contribution is -2.02. The largest absolute Gasteiger partial charge is 0.478 e. The molecule has 0 saturated carbocycles. The van der Waals surface area contributed by atoms with E-state index in [0.717, 1.165) is 6.42 Å². The first-order valence-corrected chi connectivity index (χ1v) is 6.58. The van der Waals surface area contributed by atoms with Gasteiger partial charge in [0.05, 0.1) is 6.26 Å². The number of aromatic carboxylic acids is 1. The molecular weight excluding hydrogens is 259 g/mol. The molecule has 1 N–H and O–H groups in total. The molecule has 3 nitrogen and oxygen atoms in total. The van der Waals surface area contributed by atoms with Crippen LogP contribution in [-0.2, 0) is 6.42 Å². The first-order valence-electron chi connectivity index (χ1n) is 6.58. The highest BCUT2D eigenvalue weighted by Crippen LogP contribution is 2.30. The van der Waals surface area contributed by atoms with Crippen LogP contribution in [0.25, 0.3) is 11.1 Å². The van der Waals surface area contributed by atoms with Crippen molar-refractivity contribution in [3.8, 4) is 11.1 Å². The van der Waals surface area contributed by atoms with Gasteiger partial charge in [0, 0.05) is 12.0 Å². The second kappa shape index (κ2) is 5.90. The van der Waals surface area contributed by atoms with Crippen molar-refractivity contribution in [3.05, 3.63) is 47.7 Å². The summed E-state index contributed by atoms with van der Waals surface area (Å²) in [6.45, 7) is 4.13. The van der Waals surface area contributed by atoms with Crippen LogP contribution in [0.1, 0.15) is 36.4 Å². The van der Waals surface area contributed by atoms with Gasteiger partial charge < -0.3 is 9.52 Å². The van der Waals surface area contributed by atoms with Crippen LogP contribution in [0.2, 0.25) is 0 Å². The lowest BCUT2D eigenvalue weighted by molar-refractivity contribution is 0.0695. The Bertz CT molecular complexity index is 614. The van der Waals surface area contributed by atoms with Gasteiger partial charge in [0.25, 0.3) is 0 Å². The van der Waals surface area contributed by atoms with Crippen molar-refractivity contribution >= 4 is 5.97 Å². The topological polar surface area (TPSA) is 50.4 Å². The molecule has 0 spiro atoms. The molecule has 1 aromatic carbocycles. The van der Waals surface area contributed by atoms with Crippen LogP contribution < -0.4 is 0 Å². The van der Waals surface area contributed by atoms with E-state index in [1.165, 1.54) is 18.4 Å². The van der Waals surface area contributed by atoms with Gasteiger partial charge >= 0.3 is 5.97 Å². The van der Waals surface area contributed by atoms with E-state index in [-0.39, 0.29) is 5.56 Å². The predicted molar refractivity (Wildman–Crippen MR) is 74.2 cm³/mol. The van der Waals surface area contributed by atoms with Gasteiger partial charge in [0.2, 0.25) is 0 Å². The fourth-order valence-corrected chi connectivity index (χ4v) is 2.10. The van der Waals surface area contributed by atoms with Crippen LogP contribution in [0.5, 0.6) is 0 Å². The van der Waals surface area contributed by atoms with Crippen LogP contribution in [0, 0.1) is 11.7 Å². The zero-order valence-corrected chi connectivity index (χ0v) is 11.5. The summed E-state index contributed by atoms with van der Waals surface area (Å²) >= 11 is 0. The van der Waals surface area contributed by atoms with Gasteiger partial charge in [-0.15, -0.1) is 0 Å². The minimum absolute atomic E-state index is 0.135. The van der Waals surface area contributed by atoms with Gasteiger partial charge in [-0.05, 0) is 30.0 Å². The molecule has 0 aliphatic carbocycles. The van der Waals surface area contributed by atoms with Crippen molar-refractivity contribution < 1.29 is 18.7 Å². The standard InChI is InChI=1S/C16H17FO3/c1-10(2)6-7-14-15(16(18)19)13(9-20-14)11-4-3-5-12(17)8-11/h3-5,8-10H,6-7H2,1-2H3,(H,18,19). The molecule has 1 aromatic heterocycles. The molecule has 0 radical (unpaired) electrons. The smallest absolute Gasteiger partial charge is 0.339 e. The summed E-state index contributed by atoms with van der Waals surface area (Å²) in [6.07, 6.45) is 2.80. The third-order valence-corrected chi connectivity index (χ3v) is 3.17. The Morgan fingerprint density at radius 1 is 1.40 bits per heavy atom. The Morgan fingerprint density at radius 2 is 2.15 bits per heavy atom. The highest BCUT2D eigenvalue weighted by Gasteiger charge is 2.21. The second-order valence-electron chi connectivity index (χ2n) is 5.20. The minimum Gasteiger partial charge on any atom is -0.478 e. The van der Waals surface area contributed by atoms with Crippen LogP contribution in [0.15, 0.2) is 34.9 Å². The lowest BCUT2D eigenvalue weighted by Gasteiger charge is -2.04. The maximum atomic E-state index is 13.3. The Morgan fingerprint density at radius 3 is 2.75 bits per heavy atom. The Labute approximate surface area is 117 Å². The molecule has 0 saturated heterocycles. The number of benzene rings is 1. The molecule has 0 amide bonds. The zero-order chi connectivity index (χ0) is 14.7. The summed E-state index contributed by atoms with van der Waals surface area (Å²) < 4.78 is 18.7. The molecule has 4 heteroatoms. The molecule has 0 fully saturated rings. The highest BCUT2D eigenvalue weighted by molar-refractivity contribution is 5.97. The third kappa shape index (κ3) is 3.07. The quantitative estimate of drug-likeness (QED) is 0.882. The van der Waals surface area contributed by atoms with Gasteiger partial charge in [0.15, 0.2) is 0 Å². The fraction of sp³-hybridized carbons (Fsp3) is 0.312. The molecular formula is C16H17FO3. The number of rotatable bonds is 5. The molecule has 2 aromatic rings. The van der Waals surface area contributed by atoms with Crippen LogP contribution in [0.4, 0.5) is 4.39 Å². The van der Waals surface area contributed by atoms with Crippen LogP contribution in [-0.4, -0.2) is 11.1 Å². The van der Waals surface area contributed by atoms with Crippen molar-refractivity contribution in [3.63, 3.8) is 0 Å². The highest BCUT2D eigenvalue weighted by atomic mass is 19.1. The number of halogens is 1. The monoisotopic (exact) mass is 276 g/mol. The van der Waals surface area contributed by atoms with Gasteiger partial charge in [0.1, 0.15) is 17.1 Å². The fourth-order valence-electron chi connectivity index (χ4n) is 2.10. The summed E-state index contributed by atoms with van der Waals surface area (Å²) in [5, 5.41) is 9.38. The molecule has 0 bridgehead atoms. The van der Waals surface area contributed by atoms with Crippen molar-refractivity contribution in [2.75, 3.05) is 0 Å². The summed E-state index contributed by atoms with van der Waals surface area (Å²) in [5.41, 5.74) is 1.08. The van der Waals surface area contributed by atoms with E-state index in [1.807, 2.05) is 0 Å². The van der Waals surface area contributed by atoms with Gasteiger partial charge in [-0.2, -0.15) is 0 Å². The van der Waals surface area contributed by atoms with E-state index in [0.29, 0.717) is 29.2 Å². The number of carboxylic acids is 1. The first kappa shape index (κ1) is 14.3. The molecule has 20 heavy (non-hydrogen) atoms. The van der Waals surface area contributed by atoms with E-state index in [1.54, 1.807) is 12.1 Å². The van der Waals surface area contributed by atoms with E-state index < -0.39 is 11.8 Å². The Kier molecular flexibility index (Phi) is 4.23. The Balaban J connectivity index is 2.41. The van der Waals surface area contributed by atoms with E-state index >= 15 is 0 Å². The van der Waals surface area contributed by atoms with E-state index in [4.69, 9.17) is 4.42 Å². The van der Waals surface area contributed by atoms with Crippen molar-refractivity contribution in [2.45, 2.75) is 26.7 Å². The predicted octanol–water partition coefficient (Wildman–Crippen LogP) is 4.37. The molecule has 106 valence electrons. The number of carboxylic acid groups (broad SMARTS) is 1. The number of carbonyl (C=O) groups is 1. The molecule has 0 aliphatic heterocycles. The summed E-state index contributed by atoms with van der Waals surface area (Å²) in [4.78, 5) is 11.5. The average Bonchev–Trinajstić information content (AvgIpc) is 2.80. The molecule has 0 atom stereocenters. The second-order valence-corrected chi connectivity index (χ2v) is 5.20. The third-order valence-electron chi connectivity index (χ3n) is 3.17. The van der Waals surface area contributed by atoms with Crippen LogP contribution >= 0.6 is 0 Å². The van der Waals surface area contributed by atoms with Gasteiger partial charge in [-0.1, -0.05) is 26.0 Å². The molecule has 1 heterocycles. The lowest BCUT2D eigenvalue weighted by atomic mass is 9.99. The van der Waals surface area contributed by atoms with Crippen molar-refractivity contribution in [2.24, 2.45) is 5.92 Å². The maximum Gasteiger partial charge on any atom is 0.339 e. The molecule has 2 rings (SSSR count). The van der Waals surface area contributed by atoms with Crippen molar-refractivity contribution in [1.29, 1.82) is 0 Å². The van der Waals surface area contributed by atoms with Gasteiger partial charge in [-0.3, -0.25) is 0 Å². The van der Waals surface area contributed by atoms with E-state index in [9.17, 15) is 14.3 Å². The summed E-state index contributed by atoms with van der Waals surface area (Å²) in [6, 6.07) is 5.86. The minimum atomic E-state index is -1.04.